The van der Waals surface area contributed by atoms with Crippen molar-refractivity contribution in [3.8, 4) is 0 Å². The molecule has 0 aliphatic carbocycles. The maximum absolute atomic E-state index is 10.5. The predicted molar refractivity (Wildman–Crippen MR) is 94.6 cm³/mol. The molecule has 0 amide bonds. The van der Waals surface area contributed by atoms with Gasteiger partial charge in [0.2, 0.25) is 11.8 Å². The van der Waals surface area contributed by atoms with Crippen molar-refractivity contribution in [1.82, 2.24) is 15.1 Å². The van der Waals surface area contributed by atoms with Crippen LogP contribution in [0.4, 0.5) is 0 Å². The Labute approximate surface area is 144 Å². The minimum Gasteiger partial charge on any atom is -0.424 e. The molecule has 1 N–H and O–H groups in total. The lowest BCUT2D eigenvalue weighted by atomic mass is 10.1. The van der Waals surface area contributed by atoms with Crippen molar-refractivity contribution in [1.29, 1.82) is 0 Å². The first-order valence-electron chi connectivity index (χ1n) is 8.71. The van der Waals surface area contributed by atoms with Crippen molar-refractivity contribution in [3.63, 3.8) is 0 Å². The summed E-state index contributed by atoms with van der Waals surface area (Å²) >= 11 is 0. The summed E-state index contributed by atoms with van der Waals surface area (Å²) in [5.41, 5.74) is 2.12. The fourth-order valence-electron chi connectivity index (χ4n) is 2.70. The van der Waals surface area contributed by atoms with Crippen molar-refractivity contribution in [2.45, 2.75) is 53.2 Å². The molecule has 132 valence electrons. The molecule has 2 rings (SSSR count). The molecule has 0 saturated carbocycles. The van der Waals surface area contributed by atoms with Gasteiger partial charge in [-0.15, -0.1) is 10.2 Å². The van der Waals surface area contributed by atoms with Crippen LogP contribution in [-0.2, 0) is 6.42 Å². The molecule has 0 radical (unpaired) electrons. The number of hydrogen-bond acceptors (Lipinski definition) is 5. The van der Waals surface area contributed by atoms with Gasteiger partial charge in [0.15, 0.2) is 0 Å². The molecule has 2 atom stereocenters. The van der Waals surface area contributed by atoms with E-state index < -0.39 is 6.10 Å². The summed E-state index contributed by atoms with van der Waals surface area (Å²) in [6.45, 7) is 11.7. The summed E-state index contributed by atoms with van der Waals surface area (Å²) in [5, 5.41) is 18.8. The summed E-state index contributed by atoms with van der Waals surface area (Å²) < 4.78 is 5.80. The zero-order valence-corrected chi connectivity index (χ0v) is 15.4. The van der Waals surface area contributed by atoms with E-state index in [2.05, 4.69) is 35.9 Å². The minimum absolute atomic E-state index is 0.0245. The van der Waals surface area contributed by atoms with E-state index in [1.807, 2.05) is 38.1 Å². The smallest absolute Gasteiger partial charge is 0.233 e. The first kappa shape index (κ1) is 18.6. The molecule has 1 aromatic heterocycles. The van der Waals surface area contributed by atoms with Crippen molar-refractivity contribution in [3.05, 3.63) is 47.2 Å². The maximum atomic E-state index is 10.5. The van der Waals surface area contributed by atoms with E-state index in [0.29, 0.717) is 24.2 Å². The summed E-state index contributed by atoms with van der Waals surface area (Å²) in [6, 6.07) is 7.98. The number of aliphatic hydroxyl groups is 1. The van der Waals surface area contributed by atoms with E-state index in [0.717, 1.165) is 18.5 Å². The van der Waals surface area contributed by atoms with Gasteiger partial charge in [0.1, 0.15) is 0 Å². The largest absolute Gasteiger partial charge is 0.424 e. The topological polar surface area (TPSA) is 62.4 Å². The van der Waals surface area contributed by atoms with Gasteiger partial charge in [0.25, 0.3) is 0 Å². The monoisotopic (exact) mass is 331 g/mol. The highest BCUT2D eigenvalue weighted by Crippen LogP contribution is 2.23. The van der Waals surface area contributed by atoms with Crippen molar-refractivity contribution in [2.75, 3.05) is 13.1 Å². The molecule has 24 heavy (non-hydrogen) atoms. The van der Waals surface area contributed by atoms with Crippen molar-refractivity contribution < 1.29 is 9.52 Å². The Morgan fingerprint density at radius 2 is 1.79 bits per heavy atom. The van der Waals surface area contributed by atoms with Gasteiger partial charge >= 0.3 is 0 Å². The lowest BCUT2D eigenvalue weighted by Gasteiger charge is -2.27. The van der Waals surface area contributed by atoms with E-state index >= 15 is 0 Å². The lowest BCUT2D eigenvalue weighted by Crippen LogP contribution is -2.31. The first-order chi connectivity index (χ1) is 11.4. The Hall–Kier alpha value is -1.72. The zero-order chi connectivity index (χ0) is 17.7. The molecule has 2 aromatic rings. The van der Waals surface area contributed by atoms with Crippen molar-refractivity contribution >= 4 is 0 Å². The second kappa shape index (κ2) is 8.40. The molecule has 0 fully saturated rings. The second-order valence-corrected chi connectivity index (χ2v) is 6.82. The normalized spacial score (nSPS) is 14.3. The van der Waals surface area contributed by atoms with Crippen LogP contribution in [0.3, 0.4) is 0 Å². The molecular weight excluding hydrogens is 302 g/mol. The van der Waals surface area contributed by atoms with Gasteiger partial charge in [-0.2, -0.15) is 0 Å². The van der Waals surface area contributed by atoms with Crippen LogP contribution in [-0.4, -0.2) is 33.3 Å². The summed E-state index contributed by atoms with van der Waals surface area (Å²) in [6.07, 6.45) is 0.253. The molecule has 0 bridgehead atoms. The van der Waals surface area contributed by atoms with Crippen LogP contribution < -0.4 is 0 Å². The molecule has 0 aliphatic heterocycles. The van der Waals surface area contributed by atoms with Gasteiger partial charge in [0, 0.05) is 13.0 Å². The zero-order valence-electron chi connectivity index (χ0n) is 15.4. The van der Waals surface area contributed by atoms with Crippen LogP contribution in [0.25, 0.3) is 0 Å². The maximum Gasteiger partial charge on any atom is 0.233 e. The Morgan fingerprint density at radius 3 is 2.38 bits per heavy atom. The summed E-state index contributed by atoms with van der Waals surface area (Å²) in [5.74, 6) is 1.78. The quantitative estimate of drug-likeness (QED) is 0.799. The average molecular weight is 331 g/mol. The van der Waals surface area contributed by atoms with E-state index in [1.165, 1.54) is 5.56 Å². The number of hydrogen-bond donors (Lipinski definition) is 1. The lowest BCUT2D eigenvalue weighted by molar-refractivity contribution is 0.0860. The number of benzene rings is 1. The molecular formula is C19H29N3O2. The number of rotatable bonds is 8. The van der Waals surface area contributed by atoms with Gasteiger partial charge in [-0.1, -0.05) is 50.6 Å². The van der Waals surface area contributed by atoms with Crippen LogP contribution in [0, 0.1) is 12.8 Å². The minimum atomic E-state index is -0.536. The molecule has 5 heteroatoms. The van der Waals surface area contributed by atoms with Crippen molar-refractivity contribution in [2.24, 2.45) is 5.92 Å². The Bertz CT molecular complexity index is 622. The predicted octanol–water partition coefficient (Wildman–Crippen LogP) is 3.69. The SMILES string of the molecule is CCN(CC(O)c1ccc(C)cc1)C(C)c1nnc(CC(C)C)o1. The summed E-state index contributed by atoms with van der Waals surface area (Å²) in [4.78, 5) is 2.15. The van der Waals surface area contributed by atoms with Crippen LogP contribution in [0.5, 0.6) is 0 Å². The van der Waals surface area contributed by atoms with Gasteiger partial charge in [-0.05, 0) is 31.9 Å². The Kier molecular flexibility index (Phi) is 6.52. The third-order valence-electron chi connectivity index (χ3n) is 4.25. The fraction of sp³-hybridized carbons (Fsp3) is 0.579. The standard InChI is InChI=1S/C19H29N3O2/c1-6-22(12-17(23)16-9-7-14(4)8-10-16)15(5)19-21-20-18(24-19)11-13(2)3/h7-10,13,15,17,23H,6,11-12H2,1-5H3. The highest BCUT2D eigenvalue weighted by Gasteiger charge is 2.23. The average Bonchev–Trinajstić information content (AvgIpc) is 3.00. The van der Waals surface area contributed by atoms with Gasteiger partial charge in [-0.3, -0.25) is 4.90 Å². The molecule has 5 nitrogen and oxygen atoms in total. The molecule has 1 aromatic carbocycles. The molecule has 2 unspecified atom stereocenters. The Morgan fingerprint density at radius 1 is 1.12 bits per heavy atom. The highest BCUT2D eigenvalue weighted by atomic mass is 16.4. The number of aliphatic hydroxyl groups excluding tert-OH is 1. The second-order valence-electron chi connectivity index (χ2n) is 6.82. The van der Waals surface area contributed by atoms with Crippen LogP contribution >= 0.6 is 0 Å². The molecule has 0 aliphatic rings. The number of nitrogens with zero attached hydrogens (tertiary/aromatic N) is 3. The molecule has 1 heterocycles. The highest BCUT2D eigenvalue weighted by molar-refractivity contribution is 5.23. The van der Waals surface area contributed by atoms with Crippen LogP contribution in [0.15, 0.2) is 28.7 Å². The van der Waals surface area contributed by atoms with Crippen LogP contribution in [0.1, 0.15) is 62.7 Å². The van der Waals surface area contributed by atoms with E-state index in [9.17, 15) is 5.11 Å². The first-order valence-corrected chi connectivity index (χ1v) is 8.71. The van der Waals surface area contributed by atoms with E-state index in [-0.39, 0.29) is 6.04 Å². The number of aromatic nitrogens is 2. The van der Waals surface area contributed by atoms with E-state index in [4.69, 9.17) is 4.42 Å². The summed E-state index contributed by atoms with van der Waals surface area (Å²) in [7, 11) is 0. The molecule has 0 spiro atoms. The van der Waals surface area contributed by atoms with Gasteiger partial charge in [-0.25, -0.2) is 0 Å². The molecule has 0 saturated heterocycles. The third kappa shape index (κ3) is 4.89. The van der Waals surface area contributed by atoms with Gasteiger partial charge < -0.3 is 9.52 Å². The van der Waals surface area contributed by atoms with Gasteiger partial charge in [0.05, 0.1) is 12.1 Å². The third-order valence-corrected chi connectivity index (χ3v) is 4.25. The van der Waals surface area contributed by atoms with E-state index in [1.54, 1.807) is 0 Å². The Balaban J connectivity index is 2.04. The fourth-order valence-corrected chi connectivity index (χ4v) is 2.70. The van der Waals surface area contributed by atoms with Crippen LogP contribution in [0.2, 0.25) is 0 Å². The number of aryl methyl sites for hydroxylation is 1. The number of likely N-dealkylation sites (N-methyl/N-ethyl adjacent to an activating group) is 1.